The maximum atomic E-state index is 12.2. The highest BCUT2D eigenvalue weighted by Crippen LogP contribution is 2.30. The number of amides is 1. The summed E-state index contributed by atoms with van der Waals surface area (Å²) in [5.74, 6) is 1.87. The van der Waals surface area contributed by atoms with E-state index in [1.165, 1.54) is 16.8 Å². The molecule has 0 saturated carbocycles. The number of hydrazone groups is 1. The molecule has 2 aromatic rings. The molecule has 0 bridgehead atoms. The maximum Gasteiger partial charge on any atom is 0.302 e. The van der Waals surface area contributed by atoms with Gasteiger partial charge in [-0.3, -0.25) is 4.79 Å². The summed E-state index contributed by atoms with van der Waals surface area (Å²) < 4.78 is 11.0. The lowest BCUT2D eigenvalue weighted by atomic mass is 10.1. The van der Waals surface area contributed by atoms with Crippen molar-refractivity contribution in [3.63, 3.8) is 0 Å². The SMILES string of the molecule is CCOc1cc(C2=NN(Cc3ccc(N)cc3)C(=O)SC2)ccc1OC. The molecule has 136 valence electrons. The van der Waals surface area contributed by atoms with Crippen molar-refractivity contribution in [2.75, 3.05) is 25.2 Å². The molecule has 0 aromatic heterocycles. The first kappa shape index (κ1) is 18.1. The van der Waals surface area contributed by atoms with E-state index in [-0.39, 0.29) is 5.24 Å². The van der Waals surface area contributed by atoms with Crippen molar-refractivity contribution < 1.29 is 14.3 Å². The van der Waals surface area contributed by atoms with Gasteiger partial charge in [-0.1, -0.05) is 23.9 Å². The van der Waals surface area contributed by atoms with E-state index < -0.39 is 0 Å². The summed E-state index contributed by atoms with van der Waals surface area (Å²) in [6.45, 7) is 2.87. The molecule has 0 fully saturated rings. The molecule has 3 rings (SSSR count). The molecular formula is C19H21N3O3S. The number of nitrogens with two attached hydrogens (primary N) is 1. The van der Waals surface area contributed by atoms with Gasteiger partial charge < -0.3 is 15.2 Å². The van der Waals surface area contributed by atoms with Gasteiger partial charge >= 0.3 is 5.24 Å². The minimum Gasteiger partial charge on any atom is -0.493 e. The van der Waals surface area contributed by atoms with Crippen LogP contribution in [0.2, 0.25) is 0 Å². The van der Waals surface area contributed by atoms with Gasteiger partial charge in [-0.2, -0.15) is 5.10 Å². The fourth-order valence-electron chi connectivity index (χ4n) is 2.58. The first-order valence-electron chi connectivity index (χ1n) is 8.28. The van der Waals surface area contributed by atoms with Crippen molar-refractivity contribution in [1.29, 1.82) is 0 Å². The monoisotopic (exact) mass is 371 g/mol. The number of hydrogen-bond acceptors (Lipinski definition) is 6. The van der Waals surface area contributed by atoms with Crippen molar-refractivity contribution in [2.24, 2.45) is 5.10 Å². The molecule has 2 aromatic carbocycles. The van der Waals surface area contributed by atoms with E-state index in [0.717, 1.165) is 16.8 Å². The summed E-state index contributed by atoms with van der Waals surface area (Å²) >= 11 is 1.24. The molecule has 6 nitrogen and oxygen atoms in total. The number of benzene rings is 2. The average molecular weight is 371 g/mol. The van der Waals surface area contributed by atoms with Gasteiger partial charge in [0, 0.05) is 17.0 Å². The van der Waals surface area contributed by atoms with Crippen LogP contribution in [0.3, 0.4) is 0 Å². The number of nitrogens with zero attached hydrogens (tertiary/aromatic N) is 2. The van der Waals surface area contributed by atoms with E-state index in [1.54, 1.807) is 7.11 Å². The van der Waals surface area contributed by atoms with Gasteiger partial charge in [-0.05, 0) is 42.8 Å². The molecular weight excluding hydrogens is 350 g/mol. The molecule has 2 N–H and O–H groups in total. The van der Waals surface area contributed by atoms with E-state index in [2.05, 4.69) is 5.10 Å². The quantitative estimate of drug-likeness (QED) is 0.783. The third-order valence-corrected chi connectivity index (χ3v) is 4.77. The van der Waals surface area contributed by atoms with Crippen LogP contribution in [0.15, 0.2) is 47.6 Å². The summed E-state index contributed by atoms with van der Waals surface area (Å²) in [4.78, 5) is 12.2. The number of hydrogen-bond donors (Lipinski definition) is 1. The lowest BCUT2D eigenvalue weighted by Gasteiger charge is -2.23. The predicted octanol–water partition coefficient (Wildman–Crippen LogP) is 3.75. The molecule has 1 aliphatic rings. The Morgan fingerprint density at radius 2 is 1.96 bits per heavy atom. The fraction of sp³-hybridized carbons (Fsp3) is 0.263. The van der Waals surface area contributed by atoms with E-state index in [9.17, 15) is 4.79 Å². The zero-order valence-electron chi connectivity index (χ0n) is 14.8. The summed E-state index contributed by atoms with van der Waals surface area (Å²) in [5, 5.41) is 5.98. The van der Waals surface area contributed by atoms with Crippen LogP contribution < -0.4 is 15.2 Å². The molecule has 0 unspecified atom stereocenters. The Bertz CT molecular complexity index is 821. The topological polar surface area (TPSA) is 77.1 Å². The molecule has 0 atom stereocenters. The lowest BCUT2D eigenvalue weighted by Crippen LogP contribution is -2.29. The second-order valence-corrected chi connectivity index (χ2v) is 6.63. The van der Waals surface area contributed by atoms with E-state index in [0.29, 0.717) is 36.1 Å². The van der Waals surface area contributed by atoms with Gasteiger partial charge in [0.2, 0.25) is 0 Å². The Labute approximate surface area is 157 Å². The largest absolute Gasteiger partial charge is 0.493 e. The van der Waals surface area contributed by atoms with Gasteiger partial charge in [0.15, 0.2) is 11.5 Å². The smallest absolute Gasteiger partial charge is 0.302 e. The first-order chi connectivity index (χ1) is 12.6. The van der Waals surface area contributed by atoms with Gasteiger partial charge in [0.05, 0.1) is 26.0 Å². The third-order valence-electron chi connectivity index (χ3n) is 3.89. The van der Waals surface area contributed by atoms with Crippen molar-refractivity contribution in [1.82, 2.24) is 5.01 Å². The molecule has 0 spiro atoms. The number of nitrogen functional groups attached to an aromatic ring is 1. The Kier molecular flexibility index (Phi) is 5.68. The van der Waals surface area contributed by atoms with Crippen molar-refractivity contribution in [3.05, 3.63) is 53.6 Å². The highest BCUT2D eigenvalue weighted by atomic mass is 32.2. The van der Waals surface area contributed by atoms with Gasteiger partial charge in [0.25, 0.3) is 0 Å². The molecule has 0 aliphatic carbocycles. The molecule has 0 radical (unpaired) electrons. The number of anilines is 1. The summed E-state index contributed by atoms with van der Waals surface area (Å²) in [6.07, 6.45) is 0. The van der Waals surface area contributed by atoms with Crippen LogP contribution >= 0.6 is 11.8 Å². The summed E-state index contributed by atoms with van der Waals surface area (Å²) in [7, 11) is 1.61. The first-order valence-corrected chi connectivity index (χ1v) is 9.26. The second kappa shape index (κ2) is 8.14. The molecule has 1 heterocycles. The lowest BCUT2D eigenvalue weighted by molar-refractivity contribution is 0.222. The Hall–Kier alpha value is -2.67. The molecule has 1 aliphatic heterocycles. The molecule has 7 heteroatoms. The van der Waals surface area contributed by atoms with Crippen LogP contribution in [0.4, 0.5) is 10.5 Å². The average Bonchev–Trinajstić information content (AvgIpc) is 2.65. The minimum absolute atomic E-state index is 0.0656. The Morgan fingerprint density at radius 3 is 2.65 bits per heavy atom. The maximum absolute atomic E-state index is 12.2. The zero-order valence-corrected chi connectivity index (χ0v) is 15.6. The van der Waals surface area contributed by atoms with Crippen LogP contribution in [0, 0.1) is 0 Å². The van der Waals surface area contributed by atoms with Crippen molar-refractivity contribution >= 4 is 28.4 Å². The Balaban J connectivity index is 1.86. The van der Waals surface area contributed by atoms with Crippen molar-refractivity contribution in [2.45, 2.75) is 13.5 Å². The van der Waals surface area contributed by atoms with Crippen LogP contribution in [0.25, 0.3) is 0 Å². The third kappa shape index (κ3) is 4.11. The Morgan fingerprint density at radius 1 is 1.19 bits per heavy atom. The van der Waals surface area contributed by atoms with Gasteiger partial charge in [-0.25, -0.2) is 5.01 Å². The highest BCUT2D eigenvalue weighted by molar-refractivity contribution is 8.14. The number of methoxy groups -OCH3 is 1. The fourth-order valence-corrected chi connectivity index (χ4v) is 3.32. The number of carbonyl (C=O) groups is 1. The van der Waals surface area contributed by atoms with E-state index in [1.807, 2.05) is 49.4 Å². The zero-order chi connectivity index (χ0) is 18.5. The molecule has 1 amide bonds. The number of thioether (sulfide) groups is 1. The van der Waals surface area contributed by atoms with Crippen LogP contribution in [0.5, 0.6) is 11.5 Å². The van der Waals surface area contributed by atoms with Crippen LogP contribution in [-0.2, 0) is 6.54 Å². The summed E-state index contributed by atoms with van der Waals surface area (Å²) in [6, 6.07) is 13.1. The second-order valence-electron chi connectivity index (χ2n) is 5.70. The number of rotatable bonds is 6. The molecule has 0 saturated heterocycles. The predicted molar refractivity (Wildman–Crippen MR) is 105 cm³/mol. The van der Waals surface area contributed by atoms with Crippen LogP contribution in [-0.4, -0.2) is 35.4 Å². The van der Waals surface area contributed by atoms with Crippen LogP contribution in [0.1, 0.15) is 18.1 Å². The molecule has 26 heavy (non-hydrogen) atoms. The van der Waals surface area contributed by atoms with E-state index >= 15 is 0 Å². The summed E-state index contributed by atoms with van der Waals surface area (Å²) in [5.41, 5.74) is 9.12. The normalized spacial score (nSPS) is 14.2. The standard InChI is InChI=1S/C19H21N3O3S/c1-3-25-18-10-14(6-9-17(18)24-2)16-12-26-19(23)22(21-16)11-13-4-7-15(20)8-5-13/h4-10H,3,11-12,20H2,1-2H3. The number of ether oxygens (including phenoxy) is 2. The minimum atomic E-state index is -0.0656. The van der Waals surface area contributed by atoms with E-state index in [4.69, 9.17) is 15.2 Å². The number of carbonyl (C=O) groups excluding carboxylic acids is 1. The van der Waals surface area contributed by atoms with Gasteiger partial charge in [-0.15, -0.1) is 0 Å². The highest BCUT2D eigenvalue weighted by Gasteiger charge is 2.23. The van der Waals surface area contributed by atoms with Gasteiger partial charge in [0.1, 0.15) is 0 Å². The van der Waals surface area contributed by atoms with Crippen molar-refractivity contribution in [3.8, 4) is 11.5 Å².